The smallest absolute Gasteiger partial charge is 0.279 e. The van der Waals surface area contributed by atoms with Gasteiger partial charge < -0.3 is 5.32 Å². The molecule has 1 unspecified atom stereocenters. The molecule has 0 fully saturated rings. The molecule has 0 aliphatic carbocycles. The van der Waals surface area contributed by atoms with Gasteiger partial charge in [0.1, 0.15) is 11.4 Å². The van der Waals surface area contributed by atoms with E-state index in [4.69, 9.17) is 0 Å². The molecule has 21 heavy (non-hydrogen) atoms. The van der Waals surface area contributed by atoms with Crippen LogP contribution in [-0.2, 0) is 6.42 Å². The summed E-state index contributed by atoms with van der Waals surface area (Å²) in [5.74, 6) is -0.487. The van der Waals surface area contributed by atoms with E-state index >= 15 is 0 Å². The van der Waals surface area contributed by atoms with Gasteiger partial charge in [-0.3, -0.25) is 14.9 Å². The number of halogens is 2. The number of nitrogens with zero attached hydrogens (tertiary/aromatic N) is 2. The van der Waals surface area contributed by atoms with Crippen LogP contribution >= 0.6 is 0 Å². The Morgan fingerprint density at radius 1 is 1.48 bits per heavy atom. The first-order chi connectivity index (χ1) is 9.97. The minimum atomic E-state index is -2.67. The summed E-state index contributed by atoms with van der Waals surface area (Å²) in [6, 6.07) is 4.66. The number of H-pyrrole nitrogens is 1. The molecule has 0 spiro atoms. The largest absolute Gasteiger partial charge is 0.348 e. The predicted octanol–water partition coefficient (Wildman–Crippen LogP) is 2.41. The molecule has 1 amide bonds. The highest BCUT2D eigenvalue weighted by Gasteiger charge is 2.17. The Morgan fingerprint density at radius 2 is 2.24 bits per heavy atom. The van der Waals surface area contributed by atoms with Gasteiger partial charge in [-0.1, -0.05) is 6.07 Å². The SMILES string of the molecule is Cc1cccnc1CC(C)NC(=O)c1cc(C(F)F)[nH]n1. The maximum Gasteiger partial charge on any atom is 0.279 e. The highest BCUT2D eigenvalue weighted by molar-refractivity contribution is 5.92. The summed E-state index contributed by atoms with van der Waals surface area (Å²) in [4.78, 5) is 16.2. The monoisotopic (exact) mass is 294 g/mol. The summed E-state index contributed by atoms with van der Waals surface area (Å²) in [5.41, 5.74) is 1.52. The van der Waals surface area contributed by atoms with Crippen molar-refractivity contribution >= 4 is 5.91 Å². The molecule has 5 nitrogen and oxygen atoms in total. The third-order valence-electron chi connectivity index (χ3n) is 3.06. The Bertz CT molecular complexity index is 627. The summed E-state index contributed by atoms with van der Waals surface area (Å²) in [6.07, 6.45) is -0.419. The van der Waals surface area contributed by atoms with Crippen molar-refractivity contribution < 1.29 is 13.6 Å². The van der Waals surface area contributed by atoms with E-state index in [-0.39, 0.29) is 17.4 Å². The van der Waals surface area contributed by atoms with Gasteiger partial charge in [0.15, 0.2) is 0 Å². The molecular formula is C14H16F2N4O. The molecule has 2 rings (SSSR count). The van der Waals surface area contributed by atoms with Crippen LogP contribution < -0.4 is 5.32 Å². The lowest BCUT2D eigenvalue weighted by molar-refractivity contribution is 0.0935. The average molecular weight is 294 g/mol. The Hall–Kier alpha value is -2.31. The zero-order valence-corrected chi connectivity index (χ0v) is 11.7. The summed E-state index contributed by atoms with van der Waals surface area (Å²) in [5, 5.41) is 8.45. The van der Waals surface area contributed by atoms with Crippen molar-refractivity contribution in [2.24, 2.45) is 0 Å². The van der Waals surface area contributed by atoms with Crippen LogP contribution in [-0.4, -0.2) is 27.1 Å². The van der Waals surface area contributed by atoms with Crippen molar-refractivity contribution in [1.29, 1.82) is 0 Å². The molecule has 7 heteroatoms. The van der Waals surface area contributed by atoms with Gasteiger partial charge in [0.25, 0.3) is 12.3 Å². The van der Waals surface area contributed by atoms with Gasteiger partial charge in [-0.05, 0) is 31.5 Å². The lowest BCUT2D eigenvalue weighted by atomic mass is 10.1. The number of aromatic nitrogens is 3. The topological polar surface area (TPSA) is 70.7 Å². The van der Waals surface area contributed by atoms with E-state index < -0.39 is 12.3 Å². The second-order valence-corrected chi connectivity index (χ2v) is 4.85. The maximum atomic E-state index is 12.4. The lowest BCUT2D eigenvalue weighted by Crippen LogP contribution is -2.34. The van der Waals surface area contributed by atoms with Crippen LogP contribution in [0.5, 0.6) is 0 Å². The van der Waals surface area contributed by atoms with Crippen molar-refractivity contribution in [2.75, 3.05) is 0 Å². The van der Waals surface area contributed by atoms with Gasteiger partial charge >= 0.3 is 0 Å². The van der Waals surface area contributed by atoms with Gasteiger partial charge in [0.2, 0.25) is 0 Å². The highest BCUT2D eigenvalue weighted by atomic mass is 19.3. The first-order valence-corrected chi connectivity index (χ1v) is 6.52. The van der Waals surface area contributed by atoms with Crippen molar-refractivity contribution in [3.05, 3.63) is 47.0 Å². The van der Waals surface area contributed by atoms with Crippen molar-refractivity contribution in [3.63, 3.8) is 0 Å². The molecule has 2 heterocycles. The second kappa shape index (κ2) is 6.43. The third-order valence-corrected chi connectivity index (χ3v) is 3.06. The fraction of sp³-hybridized carbons (Fsp3) is 0.357. The van der Waals surface area contributed by atoms with Crippen LogP contribution in [0.25, 0.3) is 0 Å². The van der Waals surface area contributed by atoms with Gasteiger partial charge in [-0.25, -0.2) is 8.78 Å². The molecule has 0 aliphatic heterocycles. The Labute approximate surface area is 120 Å². The number of amides is 1. The number of carbonyl (C=O) groups excluding carboxylic acids is 1. The van der Waals surface area contributed by atoms with E-state index in [0.29, 0.717) is 6.42 Å². The fourth-order valence-corrected chi connectivity index (χ4v) is 1.94. The first kappa shape index (κ1) is 15.1. The van der Waals surface area contributed by atoms with Crippen LogP contribution in [0.1, 0.15) is 40.8 Å². The second-order valence-electron chi connectivity index (χ2n) is 4.85. The summed E-state index contributed by atoms with van der Waals surface area (Å²) in [6.45, 7) is 3.77. The normalized spacial score (nSPS) is 12.4. The molecule has 0 radical (unpaired) electrons. The van der Waals surface area contributed by atoms with Crippen molar-refractivity contribution in [3.8, 4) is 0 Å². The van der Waals surface area contributed by atoms with E-state index in [2.05, 4.69) is 20.5 Å². The molecule has 2 aromatic rings. The number of aryl methyl sites for hydroxylation is 1. The number of rotatable bonds is 5. The fourth-order valence-electron chi connectivity index (χ4n) is 1.94. The molecule has 1 atom stereocenters. The van der Waals surface area contributed by atoms with Gasteiger partial charge in [-0.2, -0.15) is 5.10 Å². The summed E-state index contributed by atoms with van der Waals surface area (Å²) >= 11 is 0. The van der Waals surface area contributed by atoms with Gasteiger partial charge in [0, 0.05) is 24.4 Å². The molecule has 2 N–H and O–H groups in total. The van der Waals surface area contributed by atoms with E-state index in [1.54, 1.807) is 6.20 Å². The van der Waals surface area contributed by atoms with E-state index in [1.807, 2.05) is 26.0 Å². The number of nitrogens with one attached hydrogen (secondary N) is 2. The first-order valence-electron chi connectivity index (χ1n) is 6.52. The molecule has 0 aromatic carbocycles. The molecule has 112 valence electrons. The number of hydrogen-bond acceptors (Lipinski definition) is 3. The minimum absolute atomic E-state index is 0.0464. The number of hydrogen-bond donors (Lipinski definition) is 2. The Kier molecular flexibility index (Phi) is 4.62. The number of carbonyl (C=O) groups is 1. The van der Waals surface area contributed by atoms with Crippen molar-refractivity contribution in [2.45, 2.75) is 32.7 Å². The van der Waals surface area contributed by atoms with Crippen molar-refractivity contribution in [1.82, 2.24) is 20.5 Å². The molecule has 0 saturated carbocycles. The molecule has 2 aromatic heterocycles. The number of aromatic amines is 1. The number of pyridine rings is 1. The van der Waals surface area contributed by atoms with Gasteiger partial charge in [-0.15, -0.1) is 0 Å². The Balaban J connectivity index is 1.97. The summed E-state index contributed by atoms with van der Waals surface area (Å²) in [7, 11) is 0. The van der Waals surface area contributed by atoms with Gasteiger partial charge in [0.05, 0.1) is 0 Å². The van der Waals surface area contributed by atoms with E-state index in [0.717, 1.165) is 17.3 Å². The van der Waals surface area contributed by atoms with Crippen LogP contribution in [0.15, 0.2) is 24.4 Å². The summed E-state index contributed by atoms with van der Waals surface area (Å²) < 4.78 is 24.9. The zero-order valence-electron chi connectivity index (χ0n) is 11.7. The molecule has 0 saturated heterocycles. The maximum absolute atomic E-state index is 12.4. The Morgan fingerprint density at radius 3 is 2.86 bits per heavy atom. The minimum Gasteiger partial charge on any atom is -0.348 e. The average Bonchev–Trinajstić information content (AvgIpc) is 2.91. The van der Waals surface area contributed by atoms with Crippen LogP contribution in [0.4, 0.5) is 8.78 Å². The van der Waals surface area contributed by atoms with Crippen LogP contribution in [0, 0.1) is 6.92 Å². The van der Waals surface area contributed by atoms with Crippen LogP contribution in [0.3, 0.4) is 0 Å². The quantitative estimate of drug-likeness (QED) is 0.889. The lowest BCUT2D eigenvalue weighted by Gasteiger charge is -2.13. The van der Waals surface area contributed by atoms with E-state index in [1.165, 1.54) is 0 Å². The van der Waals surface area contributed by atoms with E-state index in [9.17, 15) is 13.6 Å². The molecule has 0 aliphatic rings. The third kappa shape index (κ3) is 3.84. The molecular weight excluding hydrogens is 278 g/mol. The standard InChI is InChI=1S/C14H16F2N4O/c1-8-4-3-5-17-10(8)6-9(2)18-14(21)12-7-11(13(15)16)19-20-12/h3-5,7,9,13H,6H2,1-2H3,(H,18,21)(H,19,20). The predicted molar refractivity (Wildman–Crippen MR) is 73.2 cm³/mol. The number of alkyl halides is 2. The molecule has 0 bridgehead atoms. The highest BCUT2D eigenvalue weighted by Crippen LogP contribution is 2.16. The van der Waals surface area contributed by atoms with Crippen LogP contribution in [0.2, 0.25) is 0 Å². The zero-order chi connectivity index (χ0) is 15.4.